The lowest BCUT2D eigenvalue weighted by Crippen LogP contribution is -2.52. The van der Waals surface area contributed by atoms with Gasteiger partial charge in [0.1, 0.15) is 6.61 Å². The van der Waals surface area contributed by atoms with E-state index in [-0.39, 0.29) is 17.5 Å². The van der Waals surface area contributed by atoms with Crippen LogP contribution in [0.25, 0.3) is 0 Å². The fourth-order valence-corrected chi connectivity index (χ4v) is 1.89. The number of carbonyl (C=O) groups is 2. The Morgan fingerprint density at radius 1 is 1.22 bits per heavy atom. The summed E-state index contributed by atoms with van der Waals surface area (Å²) in [7, 11) is 0. The van der Waals surface area contributed by atoms with Crippen LogP contribution in [0.5, 0.6) is 0 Å². The lowest BCUT2D eigenvalue weighted by Gasteiger charge is -2.34. The lowest BCUT2D eigenvalue weighted by atomic mass is 9.91. The van der Waals surface area contributed by atoms with E-state index < -0.39 is 11.5 Å². The van der Waals surface area contributed by atoms with Gasteiger partial charge in [0.25, 0.3) is 0 Å². The molecule has 0 atom stereocenters. The normalized spacial score (nSPS) is 18.8. The Morgan fingerprint density at radius 2 is 1.89 bits per heavy atom. The quantitative estimate of drug-likeness (QED) is 0.794. The maximum atomic E-state index is 12.2. The molecule has 0 bridgehead atoms. The molecule has 1 fully saturated rings. The minimum atomic E-state index is -0.750. The molecule has 0 radical (unpaired) electrons. The van der Waals surface area contributed by atoms with Crippen LogP contribution in [-0.4, -0.2) is 18.6 Å². The first-order chi connectivity index (χ1) is 8.33. The van der Waals surface area contributed by atoms with Crippen molar-refractivity contribution in [3.05, 3.63) is 28.2 Å². The summed E-state index contributed by atoms with van der Waals surface area (Å²) in [6, 6.07) is 4.54. The van der Waals surface area contributed by atoms with Gasteiger partial charge in [-0.25, -0.2) is 9.69 Å². The third-order valence-electron chi connectivity index (χ3n) is 2.68. The van der Waals surface area contributed by atoms with Crippen molar-refractivity contribution >= 4 is 40.9 Å². The topological polar surface area (TPSA) is 46.6 Å². The van der Waals surface area contributed by atoms with Crippen molar-refractivity contribution in [2.24, 2.45) is 5.41 Å². The smallest absolute Gasteiger partial charge is 0.421 e. The minimum Gasteiger partial charge on any atom is -0.448 e. The second-order valence-corrected chi connectivity index (χ2v) is 5.49. The zero-order chi connectivity index (χ0) is 13.5. The van der Waals surface area contributed by atoms with E-state index in [2.05, 4.69) is 0 Å². The number of rotatable bonds is 1. The minimum absolute atomic E-state index is 0.0719. The first kappa shape index (κ1) is 13.2. The third-order valence-corrected chi connectivity index (χ3v) is 3.42. The molecule has 96 valence electrons. The second kappa shape index (κ2) is 4.44. The van der Waals surface area contributed by atoms with Gasteiger partial charge in [0.05, 0.1) is 21.1 Å². The predicted molar refractivity (Wildman–Crippen MR) is 69.1 cm³/mol. The van der Waals surface area contributed by atoms with Gasteiger partial charge < -0.3 is 4.74 Å². The second-order valence-electron chi connectivity index (χ2n) is 4.68. The molecule has 0 aliphatic carbocycles. The maximum Gasteiger partial charge on any atom is 0.421 e. The SMILES string of the molecule is CC1(C)COC(=O)N(c2ccc(Cl)c(Cl)c2)C1=O. The van der Waals surface area contributed by atoms with Gasteiger partial charge in [-0.1, -0.05) is 23.2 Å². The summed E-state index contributed by atoms with van der Waals surface area (Å²) in [6.07, 6.45) is -0.697. The van der Waals surface area contributed by atoms with Crippen LogP contribution in [0.1, 0.15) is 13.8 Å². The van der Waals surface area contributed by atoms with E-state index >= 15 is 0 Å². The molecule has 18 heavy (non-hydrogen) atoms. The van der Waals surface area contributed by atoms with Crippen molar-refractivity contribution in [3.8, 4) is 0 Å². The van der Waals surface area contributed by atoms with Crippen LogP contribution in [0.4, 0.5) is 10.5 Å². The third kappa shape index (κ3) is 2.18. The standard InChI is InChI=1S/C12H11Cl2NO3/c1-12(2)6-18-11(17)15(10(12)16)7-3-4-8(13)9(14)5-7/h3-5H,6H2,1-2H3. The van der Waals surface area contributed by atoms with E-state index in [0.717, 1.165) is 4.90 Å². The highest BCUT2D eigenvalue weighted by Gasteiger charge is 2.42. The van der Waals surface area contributed by atoms with Crippen LogP contribution < -0.4 is 4.90 Å². The molecule has 2 amide bonds. The summed E-state index contributed by atoms with van der Waals surface area (Å²) in [5.74, 6) is -0.322. The van der Waals surface area contributed by atoms with Gasteiger partial charge in [-0.2, -0.15) is 0 Å². The number of carbonyl (C=O) groups excluding carboxylic acids is 2. The van der Waals surface area contributed by atoms with Crippen LogP contribution >= 0.6 is 23.2 Å². The fourth-order valence-electron chi connectivity index (χ4n) is 1.60. The Labute approximate surface area is 114 Å². The molecule has 0 unspecified atom stereocenters. The van der Waals surface area contributed by atoms with E-state index in [0.29, 0.717) is 10.7 Å². The molecular weight excluding hydrogens is 277 g/mol. The molecule has 0 N–H and O–H groups in total. The number of imide groups is 1. The monoisotopic (exact) mass is 287 g/mol. The predicted octanol–water partition coefficient (Wildman–Crippen LogP) is 3.50. The number of hydrogen-bond acceptors (Lipinski definition) is 3. The van der Waals surface area contributed by atoms with Gasteiger partial charge >= 0.3 is 6.09 Å². The first-order valence-electron chi connectivity index (χ1n) is 5.29. The molecule has 1 heterocycles. The molecule has 1 aromatic carbocycles. The number of anilines is 1. The number of cyclic esters (lactones) is 1. The first-order valence-corrected chi connectivity index (χ1v) is 6.05. The number of hydrogen-bond donors (Lipinski definition) is 0. The van der Waals surface area contributed by atoms with Crippen LogP contribution in [0.2, 0.25) is 10.0 Å². The Bertz CT molecular complexity index is 528. The number of nitrogens with zero attached hydrogens (tertiary/aromatic N) is 1. The fraction of sp³-hybridized carbons (Fsp3) is 0.333. The van der Waals surface area contributed by atoms with Gasteiger partial charge in [-0.05, 0) is 32.0 Å². The van der Waals surface area contributed by atoms with Gasteiger partial charge in [0.2, 0.25) is 5.91 Å². The zero-order valence-corrected chi connectivity index (χ0v) is 11.4. The van der Waals surface area contributed by atoms with Gasteiger partial charge in [-0.15, -0.1) is 0 Å². The average molecular weight is 288 g/mol. The van der Waals surface area contributed by atoms with E-state index in [1.807, 2.05) is 0 Å². The van der Waals surface area contributed by atoms with Crippen molar-refractivity contribution in [2.45, 2.75) is 13.8 Å². The number of benzene rings is 1. The number of halogens is 2. The molecule has 2 rings (SSSR count). The van der Waals surface area contributed by atoms with Crippen molar-refractivity contribution < 1.29 is 14.3 Å². The van der Waals surface area contributed by atoms with Crippen molar-refractivity contribution in [2.75, 3.05) is 11.5 Å². The highest BCUT2D eigenvalue weighted by Crippen LogP contribution is 2.32. The van der Waals surface area contributed by atoms with Crippen molar-refractivity contribution in [1.29, 1.82) is 0 Å². The summed E-state index contributed by atoms with van der Waals surface area (Å²) >= 11 is 11.7. The molecule has 1 aliphatic rings. The van der Waals surface area contributed by atoms with Gasteiger partial charge in [0.15, 0.2) is 0 Å². The molecule has 1 aliphatic heterocycles. The van der Waals surface area contributed by atoms with Crippen LogP contribution in [-0.2, 0) is 9.53 Å². The average Bonchev–Trinajstić information content (AvgIpc) is 2.30. The Kier molecular flexibility index (Phi) is 3.25. The largest absolute Gasteiger partial charge is 0.448 e. The number of amides is 2. The highest BCUT2D eigenvalue weighted by molar-refractivity contribution is 6.42. The zero-order valence-electron chi connectivity index (χ0n) is 9.87. The lowest BCUT2D eigenvalue weighted by molar-refractivity contribution is -0.130. The molecule has 4 nitrogen and oxygen atoms in total. The Hall–Kier alpha value is -1.26. The summed E-state index contributed by atoms with van der Waals surface area (Å²) < 4.78 is 4.99. The molecule has 6 heteroatoms. The van der Waals surface area contributed by atoms with Gasteiger partial charge in [0, 0.05) is 0 Å². The summed E-state index contributed by atoms with van der Waals surface area (Å²) in [4.78, 5) is 24.9. The summed E-state index contributed by atoms with van der Waals surface area (Å²) in [5, 5.41) is 0.635. The van der Waals surface area contributed by atoms with E-state index in [1.54, 1.807) is 19.9 Å². The maximum absolute atomic E-state index is 12.2. The number of ether oxygens (including phenoxy) is 1. The van der Waals surface area contributed by atoms with Crippen molar-refractivity contribution in [3.63, 3.8) is 0 Å². The summed E-state index contributed by atoms with van der Waals surface area (Å²) in [5.41, 5.74) is -0.396. The molecule has 0 spiro atoms. The molecule has 1 saturated heterocycles. The Morgan fingerprint density at radius 3 is 2.50 bits per heavy atom. The molecular formula is C12H11Cl2NO3. The van der Waals surface area contributed by atoms with Crippen LogP contribution in [0, 0.1) is 5.41 Å². The van der Waals surface area contributed by atoms with E-state index in [1.165, 1.54) is 12.1 Å². The Balaban J connectivity index is 2.44. The van der Waals surface area contributed by atoms with Crippen molar-refractivity contribution in [1.82, 2.24) is 0 Å². The molecule has 1 aromatic rings. The van der Waals surface area contributed by atoms with E-state index in [4.69, 9.17) is 27.9 Å². The highest BCUT2D eigenvalue weighted by atomic mass is 35.5. The van der Waals surface area contributed by atoms with Crippen LogP contribution in [0.3, 0.4) is 0 Å². The van der Waals surface area contributed by atoms with Gasteiger partial charge in [-0.3, -0.25) is 4.79 Å². The molecule has 0 aromatic heterocycles. The summed E-state index contributed by atoms with van der Waals surface area (Å²) in [6.45, 7) is 3.50. The van der Waals surface area contributed by atoms with E-state index in [9.17, 15) is 9.59 Å². The van der Waals surface area contributed by atoms with Crippen LogP contribution in [0.15, 0.2) is 18.2 Å². The molecule has 0 saturated carbocycles.